The first-order valence-electron chi connectivity index (χ1n) is 10.7. The Labute approximate surface area is 173 Å². The molecule has 3 rings (SSSR count). The number of rotatable bonds is 6. The van der Waals surface area contributed by atoms with Gasteiger partial charge in [-0.15, -0.1) is 0 Å². The number of nitrogens with zero attached hydrogens (tertiary/aromatic N) is 1. The van der Waals surface area contributed by atoms with Crippen molar-refractivity contribution in [3.05, 3.63) is 23.8 Å². The third-order valence-electron chi connectivity index (χ3n) is 7.84. The summed E-state index contributed by atoms with van der Waals surface area (Å²) in [4.78, 5) is 37.9. The third-order valence-corrected chi connectivity index (χ3v) is 7.84. The minimum absolute atomic E-state index is 0.0222. The highest BCUT2D eigenvalue weighted by atomic mass is 16.5. The molecule has 0 bridgehead atoms. The highest BCUT2D eigenvalue weighted by Gasteiger charge is 2.57. The van der Waals surface area contributed by atoms with E-state index in [-0.39, 0.29) is 35.7 Å². The van der Waals surface area contributed by atoms with Crippen LogP contribution in [-0.2, 0) is 19.1 Å². The topological polar surface area (TPSA) is 89.7 Å². The van der Waals surface area contributed by atoms with Crippen LogP contribution in [0, 0.1) is 22.7 Å². The SMILES string of the molecule is C=C1CCC2[C@](C)(CCC[C@]2(C)C(=O)OC)[C@H]1CCC1=CCN(CC(N)=O)C1=O. The van der Waals surface area contributed by atoms with Gasteiger partial charge in [0.25, 0.3) is 0 Å². The van der Waals surface area contributed by atoms with Crippen molar-refractivity contribution in [1.29, 1.82) is 0 Å². The lowest BCUT2D eigenvalue weighted by atomic mass is 9.46. The minimum atomic E-state index is -0.492. The second-order valence-electron chi connectivity index (χ2n) is 9.49. The van der Waals surface area contributed by atoms with Crippen LogP contribution >= 0.6 is 0 Å². The minimum Gasteiger partial charge on any atom is -0.469 e. The van der Waals surface area contributed by atoms with Crippen LogP contribution in [0.25, 0.3) is 0 Å². The number of amides is 2. The van der Waals surface area contributed by atoms with E-state index in [0.717, 1.165) is 44.1 Å². The lowest BCUT2D eigenvalue weighted by Crippen LogP contribution is -2.53. The molecular formula is C23H34N2O4. The number of esters is 1. The Bertz CT molecular complexity index is 758. The van der Waals surface area contributed by atoms with Gasteiger partial charge in [-0.25, -0.2) is 0 Å². The Balaban J connectivity index is 1.75. The molecule has 6 nitrogen and oxygen atoms in total. The van der Waals surface area contributed by atoms with Crippen molar-refractivity contribution in [2.45, 2.75) is 58.8 Å². The molecule has 1 unspecified atom stereocenters. The summed E-state index contributed by atoms with van der Waals surface area (Å²) >= 11 is 0. The Kier molecular flexibility index (Phi) is 5.93. The summed E-state index contributed by atoms with van der Waals surface area (Å²) in [5.74, 6) is -0.158. The number of methoxy groups -OCH3 is 1. The van der Waals surface area contributed by atoms with Gasteiger partial charge in [0, 0.05) is 12.1 Å². The van der Waals surface area contributed by atoms with Crippen molar-refractivity contribution in [2.75, 3.05) is 20.2 Å². The number of hydrogen-bond acceptors (Lipinski definition) is 4. The van der Waals surface area contributed by atoms with E-state index in [4.69, 9.17) is 10.5 Å². The Morgan fingerprint density at radius 1 is 1.34 bits per heavy atom. The van der Waals surface area contributed by atoms with Crippen molar-refractivity contribution in [2.24, 2.45) is 28.4 Å². The van der Waals surface area contributed by atoms with Gasteiger partial charge in [-0.05, 0) is 62.7 Å². The number of hydrogen-bond donors (Lipinski definition) is 1. The molecule has 1 aliphatic heterocycles. The van der Waals surface area contributed by atoms with Crippen LogP contribution in [-0.4, -0.2) is 42.9 Å². The van der Waals surface area contributed by atoms with Crippen LogP contribution in [0.15, 0.2) is 23.8 Å². The summed E-state index contributed by atoms with van der Waals surface area (Å²) in [5, 5.41) is 0. The van der Waals surface area contributed by atoms with Gasteiger partial charge in [0.15, 0.2) is 0 Å². The van der Waals surface area contributed by atoms with Gasteiger partial charge in [0.1, 0.15) is 0 Å². The highest BCUT2D eigenvalue weighted by Crippen LogP contribution is 2.62. The number of primary amides is 1. The third kappa shape index (κ3) is 3.74. The molecule has 1 heterocycles. The van der Waals surface area contributed by atoms with Crippen LogP contribution in [0.5, 0.6) is 0 Å². The Hall–Kier alpha value is -2.11. The molecule has 0 saturated heterocycles. The fourth-order valence-electron chi connectivity index (χ4n) is 6.39. The number of fused-ring (bicyclic) bond motifs is 1. The van der Waals surface area contributed by atoms with E-state index in [9.17, 15) is 14.4 Å². The van der Waals surface area contributed by atoms with E-state index in [1.54, 1.807) is 0 Å². The maximum absolute atomic E-state index is 12.7. The molecule has 2 fully saturated rings. The lowest BCUT2D eigenvalue weighted by molar-refractivity contribution is -0.168. The fourth-order valence-corrected chi connectivity index (χ4v) is 6.39. The molecule has 4 atom stereocenters. The molecule has 160 valence electrons. The summed E-state index contributed by atoms with van der Waals surface area (Å²) < 4.78 is 5.19. The zero-order valence-corrected chi connectivity index (χ0v) is 18.0. The number of ether oxygens (including phenoxy) is 1. The van der Waals surface area contributed by atoms with Gasteiger partial charge < -0.3 is 15.4 Å². The van der Waals surface area contributed by atoms with Gasteiger partial charge in [-0.3, -0.25) is 14.4 Å². The summed E-state index contributed by atoms with van der Waals surface area (Å²) in [6, 6.07) is 0. The van der Waals surface area contributed by atoms with Gasteiger partial charge in [0.05, 0.1) is 19.1 Å². The second kappa shape index (κ2) is 7.96. The predicted molar refractivity (Wildman–Crippen MR) is 111 cm³/mol. The molecule has 0 radical (unpaired) electrons. The van der Waals surface area contributed by atoms with Crippen LogP contribution in [0.4, 0.5) is 0 Å². The molecule has 0 aromatic carbocycles. The average Bonchev–Trinajstić information content (AvgIpc) is 2.99. The standard InChI is InChI=1S/C23H34N2O4/c1-15-6-9-18-22(2,11-5-12-23(18,3)21(28)29-4)17(15)8-7-16-10-13-25(20(16)27)14-19(24)26/h10,17-18H,1,5-9,11-14H2,2-4H3,(H2,24,26)/t17-,18?,22+,23-/m0/s1. The summed E-state index contributed by atoms with van der Waals surface area (Å²) in [7, 11) is 1.48. The van der Waals surface area contributed by atoms with E-state index in [2.05, 4.69) is 20.4 Å². The zero-order valence-electron chi connectivity index (χ0n) is 18.0. The summed E-state index contributed by atoms with van der Waals surface area (Å²) in [5.41, 5.74) is 6.75. The molecule has 29 heavy (non-hydrogen) atoms. The Morgan fingerprint density at radius 3 is 2.72 bits per heavy atom. The van der Waals surface area contributed by atoms with Crippen LogP contribution in [0.3, 0.4) is 0 Å². The largest absolute Gasteiger partial charge is 0.469 e. The summed E-state index contributed by atoms with van der Waals surface area (Å²) in [6.07, 6.45) is 8.22. The first kappa shape index (κ1) is 21.6. The van der Waals surface area contributed by atoms with Crippen molar-refractivity contribution in [3.63, 3.8) is 0 Å². The van der Waals surface area contributed by atoms with Crippen molar-refractivity contribution in [1.82, 2.24) is 4.90 Å². The van der Waals surface area contributed by atoms with Crippen LogP contribution < -0.4 is 5.73 Å². The molecular weight excluding hydrogens is 368 g/mol. The quantitative estimate of drug-likeness (QED) is 0.546. The van der Waals surface area contributed by atoms with Crippen molar-refractivity contribution in [3.8, 4) is 0 Å². The molecule has 2 N–H and O–H groups in total. The predicted octanol–water partition coefficient (Wildman–Crippen LogP) is 2.97. The first-order chi connectivity index (χ1) is 13.6. The fraction of sp³-hybridized carbons (Fsp3) is 0.696. The van der Waals surface area contributed by atoms with Gasteiger partial charge in [-0.1, -0.05) is 31.6 Å². The molecule has 0 aromatic heterocycles. The molecule has 2 saturated carbocycles. The normalized spacial score (nSPS) is 34.6. The van der Waals surface area contributed by atoms with E-state index < -0.39 is 11.3 Å². The molecule has 3 aliphatic rings. The maximum atomic E-state index is 12.7. The van der Waals surface area contributed by atoms with Crippen LogP contribution in [0.1, 0.15) is 58.8 Å². The van der Waals surface area contributed by atoms with Crippen molar-refractivity contribution >= 4 is 17.8 Å². The van der Waals surface area contributed by atoms with E-state index in [1.165, 1.54) is 17.6 Å². The average molecular weight is 403 g/mol. The first-order valence-corrected chi connectivity index (χ1v) is 10.7. The number of carbonyl (C=O) groups is 3. The summed E-state index contributed by atoms with van der Waals surface area (Å²) in [6.45, 7) is 9.15. The van der Waals surface area contributed by atoms with E-state index in [1.807, 2.05) is 6.08 Å². The number of carbonyl (C=O) groups excluding carboxylic acids is 3. The monoisotopic (exact) mass is 402 g/mol. The molecule has 6 heteroatoms. The second-order valence-corrected chi connectivity index (χ2v) is 9.49. The zero-order chi connectivity index (χ0) is 21.4. The highest BCUT2D eigenvalue weighted by molar-refractivity contribution is 5.97. The number of allylic oxidation sites excluding steroid dienone is 1. The van der Waals surface area contributed by atoms with E-state index >= 15 is 0 Å². The molecule has 0 aromatic rings. The smallest absolute Gasteiger partial charge is 0.311 e. The maximum Gasteiger partial charge on any atom is 0.311 e. The van der Waals surface area contributed by atoms with Crippen molar-refractivity contribution < 1.29 is 19.1 Å². The lowest BCUT2D eigenvalue weighted by Gasteiger charge is -2.57. The van der Waals surface area contributed by atoms with Crippen LogP contribution in [0.2, 0.25) is 0 Å². The van der Waals surface area contributed by atoms with Gasteiger partial charge >= 0.3 is 5.97 Å². The molecule has 0 spiro atoms. The Morgan fingerprint density at radius 2 is 2.07 bits per heavy atom. The number of nitrogens with two attached hydrogens (primary N) is 1. The molecule has 2 aliphatic carbocycles. The molecule has 2 amide bonds. The van der Waals surface area contributed by atoms with Gasteiger partial charge in [-0.2, -0.15) is 0 Å². The van der Waals surface area contributed by atoms with Gasteiger partial charge in [0.2, 0.25) is 11.8 Å². The van der Waals surface area contributed by atoms with E-state index in [0.29, 0.717) is 13.0 Å².